The first-order valence-corrected chi connectivity index (χ1v) is 23.2. The van der Waals surface area contributed by atoms with Gasteiger partial charge in [-0.2, -0.15) is 0 Å². The molecule has 14 N–H and O–H groups in total. The summed E-state index contributed by atoms with van der Waals surface area (Å²) in [4.78, 5) is 143. The Hall–Kier alpha value is -5.91. The highest BCUT2D eigenvalue weighted by molar-refractivity contribution is 5.97. The first-order chi connectivity index (χ1) is 31.6. The summed E-state index contributed by atoms with van der Waals surface area (Å²) >= 11 is 0. The average molecular weight is 951 g/mol. The van der Waals surface area contributed by atoms with Crippen molar-refractivity contribution in [1.82, 2.24) is 52.8 Å². The lowest BCUT2D eigenvalue weighted by Gasteiger charge is -2.35. The van der Waals surface area contributed by atoms with Crippen molar-refractivity contribution >= 4 is 65.0 Å². The highest BCUT2D eigenvalue weighted by atomic mass is 16.4. The number of amides is 10. The molecule has 0 radical (unpaired) electrons. The van der Waals surface area contributed by atoms with Gasteiger partial charge in [-0.15, -0.1) is 0 Å². The number of hydrogen-bond acceptors (Lipinski definition) is 13. The van der Waals surface area contributed by atoms with Crippen molar-refractivity contribution in [1.29, 1.82) is 0 Å². The molecule has 2 aliphatic rings. The molecule has 0 bridgehead atoms. The van der Waals surface area contributed by atoms with Gasteiger partial charge in [0.2, 0.25) is 59.1 Å². The number of carboxylic acids is 1. The topological polar surface area (TPSA) is 372 Å². The van der Waals surface area contributed by atoms with Crippen molar-refractivity contribution in [3.8, 4) is 0 Å². The van der Waals surface area contributed by atoms with Gasteiger partial charge in [0.05, 0.1) is 25.7 Å². The molecule has 10 amide bonds. The van der Waals surface area contributed by atoms with E-state index in [1.807, 2.05) is 0 Å². The van der Waals surface area contributed by atoms with Crippen LogP contribution in [0.5, 0.6) is 0 Å². The first-order valence-electron chi connectivity index (χ1n) is 23.2. The third-order valence-corrected chi connectivity index (χ3v) is 11.1. The number of carbonyl (C=O) groups is 11. The highest BCUT2D eigenvalue weighted by Crippen LogP contribution is 2.18. The fourth-order valence-corrected chi connectivity index (χ4v) is 7.53. The number of primary amides is 1. The van der Waals surface area contributed by atoms with E-state index in [-0.39, 0.29) is 56.4 Å². The third kappa shape index (κ3) is 21.5. The number of piperidine rings is 1. The number of nitrogens with one attached hydrogen (secondary N) is 9. The lowest BCUT2D eigenvalue weighted by Crippen LogP contribution is -2.58. The van der Waals surface area contributed by atoms with E-state index in [4.69, 9.17) is 11.5 Å². The molecule has 0 aromatic heterocycles. The van der Waals surface area contributed by atoms with E-state index < -0.39 is 121 Å². The summed E-state index contributed by atoms with van der Waals surface area (Å²) in [5.74, 6) is -8.24. The molecule has 378 valence electrons. The Kier molecular flexibility index (Phi) is 25.3. The van der Waals surface area contributed by atoms with Gasteiger partial charge in [-0.05, 0) is 102 Å². The van der Waals surface area contributed by atoms with E-state index in [0.29, 0.717) is 51.6 Å². The maximum absolute atomic E-state index is 13.4. The Morgan fingerprint density at radius 3 is 1.81 bits per heavy atom. The van der Waals surface area contributed by atoms with Crippen molar-refractivity contribution in [3.05, 3.63) is 0 Å². The molecular formula is C43H74N12O12. The van der Waals surface area contributed by atoms with Gasteiger partial charge in [0.15, 0.2) is 0 Å². The SMILES string of the molecule is CC(C)C[C@H](NC(=O)CNC(=O)[C@H](CC(C)C)NC(=O)[C@H](CCC(N)=O)NC(=O)CNC(=O)[C@@H]1CCCN1)C(=O)N[C@@H](C)C(=O)NCC(=O)N1CCCC[C@H]1C(=O)N[C@@H](CCCCN)C(=O)O. The minimum Gasteiger partial charge on any atom is -0.480 e. The summed E-state index contributed by atoms with van der Waals surface area (Å²) in [5.41, 5.74) is 10.8. The Morgan fingerprint density at radius 2 is 1.22 bits per heavy atom. The van der Waals surface area contributed by atoms with Gasteiger partial charge in [0.25, 0.3) is 0 Å². The van der Waals surface area contributed by atoms with Crippen LogP contribution in [0.25, 0.3) is 0 Å². The zero-order valence-electron chi connectivity index (χ0n) is 39.5. The molecule has 0 spiro atoms. The predicted octanol–water partition coefficient (Wildman–Crippen LogP) is -3.52. The zero-order chi connectivity index (χ0) is 50.2. The maximum Gasteiger partial charge on any atom is 0.326 e. The van der Waals surface area contributed by atoms with Gasteiger partial charge in [-0.1, -0.05) is 27.7 Å². The van der Waals surface area contributed by atoms with Crippen LogP contribution in [-0.4, -0.2) is 157 Å². The van der Waals surface area contributed by atoms with Crippen LogP contribution in [0.3, 0.4) is 0 Å². The van der Waals surface area contributed by atoms with Crippen molar-refractivity contribution in [2.75, 3.05) is 39.3 Å². The standard InChI is InChI=1S/C43H74N12O12/c1-24(2)19-30(54-40(63)28(14-15-33(45)56)51-34(57)21-47-38(61)27-12-10-17-46-27)39(62)48-22-35(58)52-31(20-25(3)4)41(64)50-26(5)37(60)49-23-36(59)55-18-9-7-13-32(55)42(65)53-29(43(66)67)11-6-8-16-44/h24-32,46H,6-23,44H2,1-5H3,(H2,45,56)(H,47,61)(H,48,62)(H,49,60)(H,50,64)(H,51,57)(H,52,58)(H,53,65)(H,54,63)(H,66,67)/t26-,27-,28-,29-,30-,31-,32-/m0/s1. The Morgan fingerprint density at radius 1 is 0.627 bits per heavy atom. The van der Waals surface area contributed by atoms with Crippen LogP contribution in [0.2, 0.25) is 0 Å². The molecule has 0 aliphatic carbocycles. The van der Waals surface area contributed by atoms with E-state index in [2.05, 4.69) is 47.9 Å². The molecule has 24 heteroatoms. The summed E-state index contributed by atoms with van der Waals surface area (Å²) in [7, 11) is 0. The number of rotatable bonds is 29. The van der Waals surface area contributed by atoms with E-state index in [9.17, 15) is 57.8 Å². The van der Waals surface area contributed by atoms with Crippen molar-refractivity contribution in [2.45, 2.75) is 154 Å². The predicted molar refractivity (Wildman–Crippen MR) is 243 cm³/mol. The summed E-state index contributed by atoms with van der Waals surface area (Å²) in [6.45, 7) is 8.27. The molecule has 67 heavy (non-hydrogen) atoms. The Bertz CT molecular complexity index is 1740. The lowest BCUT2D eigenvalue weighted by atomic mass is 10.00. The van der Waals surface area contributed by atoms with Crippen LogP contribution in [0.4, 0.5) is 0 Å². The zero-order valence-corrected chi connectivity index (χ0v) is 39.5. The molecule has 24 nitrogen and oxygen atoms in total. The fraction of sp³-hybridized carbons (Fsp3) is 0.744. The molecule has 0 aromatic carbocycles. The van der Waals surface area contributed by atoms with E-state index >= 15 is 0 Å². The number of nitrogens with two attached hydrogens (primary N) is 2. The molecular weight excluding hydrogens is 877 g/mol. The van der Waals surface area contributed by atoms with Gasteiger partial charge < -0.3 is 69.3 Å². The number of unbranched alkanes of at least 4 members (excludes halogenated alkanes) is 1. The van der Waals surface area contributed by atoms with Gasteiger partial charge in [-0.25, -0.2) is 4.79 Å². The molecule has 0 aromatic rings. The third-order valence-electron chi connectivity index (χ3n) is 11.1. The molecule has 0 saturated carbocycles. The second kappa shape index (κ2) is 29.7. The van der Waals surface area contributed by atoms with E-state index in [1.165, 1.54) is 11.8 Å². The summed E-state index contributed by atoms with van der Waals surface area (Å²) < 4.78 is 0. The minimum atomic E-state index is -1.30. The second-order valence-corrected chi connectivity index (χ2v) is 17.9. The molecule has 7 atom stereocenters. The summed E-state index contributed by atoms with van der Waals surface area (Å²) in [5, 5.41) is 32.7. The van der Waals surface area contributed by atoms with Gasteiger partial charge in [0.1, 0.15) is 36.3 Å². The number of carbonyl (C=O) groups excluding carboxylic acids is 10. The fourth-order valence-electron chi connectivity index (χ4n) is 7.53. The average Bonchev–Trinajstić information content (AvgIpc) is 3.82. The van der Waals surface area contributed by atoms with Crippen molar-refractivity contribution in [2.24, 2.45) is 23.3 Å². The largest absolute Gasteiger partial charge is 0.480 e. The van der Waals surface area contributed by atoms with Crippen LogP contribution < -0.4 is 59.3 Å². The van der Waals surface area contributed by atoms with Gasteiger partial charge in [-0.3, -0.25) is 47.9 Å². The van der Waals surface area contributed by atoms with Crippen LogP contribution in [0.1, 0.15) is 112 Å². The molecule has 2 aliphatic heterocycles. The van der Waals surface area contributed by atoms with Crippen LogP contribution in [0.15, 0.2) is 0 Å². The smallest absolute Gasteiger partial charge is 0.326 e. The number of aliphatic carboxylic acids is 1. The second-order valence-electron chi connectivity index (χ2n) is 17.9. The Labute approximate surface area is 391 Å². The number of likely N-dealkylation sites (tertiary alicyclic amines) is 1. The van der Waals surface area contributed by atoms with Gasteiger partial charge >= 0.3 is 5.97 Å². The van der Waals surface area contributed by atoms with Gasteiger partial charge in [0, 0.05) is 13.0 Å². The molecule has 2 rings (SSSR count). The molecule has 0 unspecified atom stereocenters. The van der Waals surface area contributed by atoms with Crippen molar-refractivity contribution in [3.63, 3.8) is 0 Å². The van der Waals surface area contributed by atoms with Crippen LogP contribution in [0, 0.1) is 11.8 Å². The lowest BCUT2D eigenvalue weighted by molar-refractivity contribution is -0.146. The van der Waals surface area contributed by atoms with Crippen LogP contribution in [-0.2, 0) is 52.7 Å². The molecule has 2 heterocycles. The maximum atomic E-state index is 13.4. The van der Waals surface area contributed by atoms with Crippen LogP contribution >= 0.6 is 0 Å². The number of carboxylic acid groups (broad SMARTS) is 1. The number of hydrogen-bond donors (Lipinski definition) is 12. The van der Waals surface area contributed by atoms with E-state index in [0.717, 1.165) is 6.42 Å². The van der Waals surface area contributed by atoms with E-state index in [1.54, 1.807) is 27.7 Å². The normalized spacial score (nSPS) is 18.0. The quantitative estimate of drug-likeness (QED) is 0.0324. The first kappa shape index (κ1) is 57.2. The summed E-state index contributed by atoms with van der Waals surface area (Å²) in [6.07, 6.45) is 3.98. The molecule has 2 fully saturated rings. The minimum absolute atomic E-state index is 0.112. The molecule has 2 saturated heterocycles. The number of nitrogens with zero attached hydrogens (tertiary/aromatic N) is 1. The highest BCUT2D eigenvalue weighted by Gasteiger charge is 2.35. The van der Waals surface area contributed by atoms with Crippen molar-refractivity contribution < 1.29 is 57.8 Å². The Balaban J connectivity index is 1.99. The summed E-state index contributed by atoms with van der Waals surface area (Å²) in [6, 6.07) is -7.35. The monoisotopic (exact) mass is 951 g/mol.